The first kappa shape index (κ1) is 20.2. The van der Waals surface area contributed by atoms with Gasteiger partial charge in [0.1, 0.15) is 0 Å². The van der Waals surface area contributed by atoms with Gasteiger partial charge in [0.05, 0.1) is 0 Å². The van der Waals surface area contributed by atoms with E-state index in [1.165, 1.54) is 42.1 Å². The average Bonchev–Trinajstić information content (AvgIpc) is 3.23. The van der Waals surface area contributed by atoms with Crippen molar-refractivity contribution in [1.29, 1.82) is 0 Å². The molecule has 2 heteroatoms. The number of aryl methyl sites for hydroxylation is 1. The van der Waals surface area contributed by atoms with Crippen LogP contribution in [0.5, 0.6) is 0 Å². The Balaban J connectivity index is 1.64. The summed E-state index contributed by atoms with van der Waals surface area (Å²) in [6.45, 7) is 6.92. The molecule has 0 aromatic heterocycles. The standard InChI is InChI=1S/C16H14P.C10H15.Hf/c1-12-6-2-5-9-16(12)17-15-10-13-7-3-4-8-14(13)11-15;1-3-4-7-10-8-5-6-9(10)2;/h2-11,17H,1H3;6H,3-5,7H2,1-2H3;. The summed E-state index contributed by atoms with van der Waals surface area (Å²) in [6.07, 6.45) is 10.2. The van der Waals surface area contributed by atoms with Gasteiger partial charge in [-0.05, 0) is 0 Å². The van der Waals surface area contributed by atoms with E-state index in [-0.39, 0.29) is 0 Å². The Bertz CT molecular complexity index is 964. The first-order valence-electron chi connectivity index (χ1n) is 10.5. The van der Waals surface area contributed by atoms with Crippen LogP contribution in [0.2, 0.25) is 0 Å². The second kappa shape index (κ2) is 9.19. The Kier molecular flexibility index (Phi) is 6.64. The van der Waals surface area contributed by atoms with Crippen molar-refractivity contribution in [2.24, 2.45) is 0 Å². The third-order valence-corrected chi connectivity index (χ3v) is 14.8. The van der Waals surface area contributed by atoms with Crippen LogP contribution in [0.3, 0.4) is 0 Å². The van der Waals surface area contributed by atoms with Crippen LogP contribution in [0.1, 0.15) is 59.9 Å². The van der Waals surface area contributed by atoms with Crippen LogP contribution in [-0.4, -0.2) is 0 Å². The van der Waals surface area contributed by atoms with Gasteiger partial charge < -0.3 is 0 Å². The Morgan fingerprint density at radius 3 is 2.64 bits per heavy atom. The molecule has 4 rings (SSSR count). The summed E-state index contributed by atoms with van der Waals surface area (Å²) in [5.41, 5.74) is 7.86. The van der Waals surface area contributed by atoms with Crippen LogP contribution in [0.25, 0.3) is 6.08 Å². The molecule has 0 nitrogen and oxygen atoms in total. The summed E-state index contributed by atoms with van der Waals surface area (Å²) >= 11 is -0.981. The third-order valence-electron chi connectivity index (χ3n) is 5.90. The van der Waals surface area contributed by atoms with Gasteiger partial charge in [-0.25, -0.2) is 0 Å². The van der Waals surface area contributed by atoms with Gasteiger partial charge in [-0.2, -0.15) is 0 Å². The molecule has 28 heavy (non-hydrogen) atoms. The molecule has 0 fully saturated rings. The van der Waals surface area contributed by atoms with Crippen molar-refractivity contribution >= 4 is 20.0 Å². The molecule has 0 N–H and O–H groups in total. The maximum atomic E-state index is 2.53. The fourth-order valence-corrected chi connectivity index (χ4v) is 13.1. The molecule has 142 valence electrons. The second-order valence-corrected chi connectivity index (χ2v) is 14.5. The Hall–Kier alpha value is -1.04. The van der Waals surface area contributed by atoms with Gasteiger partial charge in [0.25, 0.3) is 0 Å². The molecule has 0 bridgehead atoms. The summed E-state index contributed by atoms with van der Waals surface area (Å²) in [6, 6.07) is 18.1. The number of hydrogen-bond donors (Lipinski definition) is 0. The van der Waals surface area contributed by atoms with E-state index in [0.29, 0.717) is 0 Å². The van der Waals surface area contributed by atoms with Gasteiger partial charge in [0.15, 0.2) is 0 Å². The first-order valence-corrected chi connectivity index (χ1v) is 15.3. The number of rotatable bonds is 7. The summed E-state index contributed by atoms with van der Waals surface area (Å²) < 4.78 is 2.62. The van der Waals surface area contributed by atoms with Crippen molar-refractivity contribution in [3.63, 3.8) is 0 Å². The van der Waals surface area contributed by atoms with Crippen LogP contribution in [-0.2, 0) is 22.9 Å². The number of fused-ring (bicyclic) bond motifs is 1. The molecular weight excluding hydrogens is 522 g/mol. The monoisotopic (exact) mass is 552 g/mol. The van der Waals surface area contributed by atoms with Crippen molar-refractivity contribution in [2.45, 2.75) is 50.1 Å². The molecule has 0 spiro atoms. The maximum absolute atomic E-state index is 2.53. The SMILES string of the molecule is CCCCC1=[C]([Hf][CH]2C(Pc3ccccc3C)=Cc3ccccc32)CC=C1C. The molecular formula is C26H29HfP. The second-order valence-electron chi connectivity index (χ2n) is 7.90. The molecule has 0 aliphatic heterocycles. The van der Waals surface area contributed by atoms with Gasteiger partial charge >= 0.3 is 184 Å². The summed E-state index contributed by atoms with van der Waals surface area (Å²) in [7, 11) is 0.813. The third kappa shape index (κ3) is 4.27. The van der Waals surface area contributed by atoms with Crippen LogP contribution < -0.4 is 5.30 Å². The van der Waals surface area contributed by atoms with E-state index in [2.05, 4.69) is 81.5 Å². The van der Waals surface area contributed by atoms with Crippen molar-refractivity contribution in [2.75, 3.05) is 0 Å². The minimum atomic E-state index is -0.981. The molecule has 2 aliphatic rings. The fourth-order valence-electron chi connectivity index (χ4n) is 4.22. The Morgan fingerprint density at radius 2 is 1.82 bits per heavy atom. The average molecular weight is 551 g/mol. The summed E-state index contributed by atoms with van der Waals surface area (Å²) in [4.78, 5) is 0. The molecule has 0 amide bonds. The van der Waals surface area contributed by atoms with Crippen molar-refractivity contribution < 1.29 is 22.9 Å². The van der Waals surface area contributed by atoms with Gasteiger partial charge in [-0.3, -0.25) is 0 Å². The van der Waals surface area contributed by atoms with Crippen LogP contribution in [0.4, 0.5) is 0 Å². The van der Waals surface area contributed by atoms with E-state index in [9.17, 15) is 0 Å². The molecule has 0 radical (unpaired) electrons. The summed E-state index contributed by atoms with van der Waals surface area (Å²) in [5, 5.41) is 3.22. The van der Waals surface area contributed by atoms with Crippen LogP contribution in [0, 0.1) is 6.92 Å². The van der Waals surface area contributed by atoms with E-state index >= 15 is 0 Å². The molecule has 2 aliphatic carbocycles. The van der Waals surface area contributed by atoms with E-state index in [0.717, 1.165) is 12.3 Å². The minimum absolute atomic E-state index is 0.736. The molecule has 2 aromatic carbocycles. The number of allylic oxidation sites excluding steroid dienone is 5. The van der Waals surface area contributed by atoms with E-state index in [1.54, 1.807) is 22.0 Å². The zero-order chi connectivity index (χ0) is 19.5. The van der Waals surface area contributed by atoms with Crippen molar-refractivity contribution in [1.82, 2.24) is 0 Å². The normalized spacial score (nSPS) is 18.6. The number of hydrogen-bond acceptors (Lipinski definition) is 0. The number of unbranched alkanes of at least 4 members (excludes halogenated alkanes) is 1. The zero-order valence-corrected chi connectivity index (χ0v) is 21.8. The molecule has 2 atom stereocenters. The Morgan fingerprint density at radius 1 is 1.04 bits per heavy atom. The molecule has 0 saturated heterocycles. The molecule has 0 saturated carbocycles. The topological polar surface area (TPSA) is 0 Å². The number of benzene rings is 2. The molecule has 0 heterocycles. The van der Waals surface area contributed by atoms with E-state index in [4.69, 9.17) is 0 Å². The van der Waals surface area contributed by atoms with Crippen LogP contribution in [0.15, 0.2) is 74.4 Å². The van der Waals surface area contributed by atoms with E-state index < -0.39 is 22.9 Å². The van der Waals surface area contributed by atoms with Crippen molar-refractivity contribution in [3.05, 3.63) is 91.1 Å². The fraction of sp³-hybridized carbons (Fsp3) is 0.308. The van der Waals surface area contributed by atoms with Gasteiger partial charge in [-0.15, -0.1) is 0 Å². The molecule has 2 unspecified atom stereocenters. The predicted molar refractivity (Wildman–Crippen MR) is 121 cm³/mol. The summed E-state index contributed by atoms with van der Waals surface area (Å²) in [5.74, 6) is 0. The van der Waals surface area contributed by atoms with Crippen molar-refractivity contribution in [3.8, 4) is 0 Å². The van der Waals surface area contributed by atoms with Gasteiger partial charge in [0, 0.05) is 0 Å². The van der Waals surface area contributed by atoms with Crippen LogP contribution >= 0.6 is 8.58 Å². The van der Waals surface area contributed by atoms with Gasteiger partial charge in [0.2, 0.25) is 0 Å². The first-order chi connectivity index (χ1) is 13.7. The predicted octanol–water partition coefficient (Wildman–Crippen LogP) is 7.27. The van der Waals surface area contributed by atoms with Gasteiger partial charge in [-0.1, -0.05) is 0 Å². The quantitative estimate of drug-likeness (QED) is 0.251. The molecule has 2 aromatic rings. The Labute approximate surface area is 183 Å². The zero-order valence-electron chi connectivity index (χ0n) is 17.2. The van der Waals surface area contributed by atoms with E-state index in [1.807, 2.05) is 3.33 Å².